The highest BCUT2D eigenvalue weighted by atomic mass is 32.2. The van der Waals surface area contributed by atoms with Crippen molar-refractivity contribution in [2.45, 2.75) is 43.4 Å². The Hall–Kier alpha value is -2.05. The summed E-state index contributed by atoms with van der Waals surface area (Å²) in [6.45, 7) is 0.661. The molecule has 0 aromatic carbocycles. The third kappa shape index (κ3) is 4.46. The van der Waals surface area contributed by atoms with Crippen molar-refractivity contribution in [2.24, 2.45) is 0 Å². The minimum atomic E-state index is -1.11. The SMILES string of the molecule is CSC[C@H]1O[C@@H](n2cnc3c(N(C(=O)/C=C/CN(C)C)C4CC4)ncnc32)[C@H](O)[C@@H]1O. The van der Waals surface area contributed by atoms with E-state index >= 15 is 0 Å². The number of anilines is 1. The first-order valence-corrected chi connectivity index (χ1v) is 11.6. The second kappa shape index (κ2) is 9.21. The Balaban J connectivity index is 1.65. The molecule has 0 spiro atoms. The number of imidazole rings is 1. The third-order valence-corrected chi connectivity index (χ3v) is 6.05. The van der Waals surface area contributed by atoms with Gasteiger partial charge in [-0.1, -0.05) is 6.08 Å². The van der Waals surface area contributed by atoms with Crippen LogP contribution in [-0.4, -0.2) is 97.5 Å². The molecule has 0 bridgehead atoms. The lowest BCUT2D eigenvalue weighted by Gasteiger charge is -2.20. The highest BCUT2D eigenvalue weighted by Gasteiger charge is 2.44. The van der Waals surface area contributed by atoms with E-state index in [4.69, 9.17) is 4.74 Å². The first kappa shape index (κ1) is 22.2. The molecule has 2 aliphatic rings. The Morgan fingerprint density at radius 1 is 1.29 bits per heavy atom. The molecule has 2 fully saturated rings. The van der Waals surface area contributed by atoms with E-state index in [-0.39, 0.29) is 11.9 Å². The van der Waals surface area contributed by atoms with Crippen molar-refractivity contribution in [1.82, 2.24) is 24.4 Å². The van der Waals surface area contributed by atoms with Gasteiger partial charge in [-0.25, -0.2) is 15.0 Å². The molecule has 1 aliphatic carbocycles. The third-order valence-electron chi connectivity index (χ3n) is 5.39. The maximum Gasteiger partial charge on any atom is 0.252 e. The number of rotatable bonds is 8. The molecular weight excluding hydrogens is 420 g/mol. The monoisotopic (exact) mass is 448 g/mol. The zero-order valence-electron chi connectivity index (χ0n) is 17.8. The highest BCUT2D eigenvalue weighted by Crippen LogP contribution is 2.36. The van der Waals surface area contributed by atoms with E-state index in [9.17, 15) is 15.0 Å². The van der Waals surface area contributed by atoms with Gasteiger partial charge in [0.2, 0.25) is 0 Å². The summed E-state index contributed by atoms with van der Waals surface area (Å²) in [7, 11) is 3.88. The van der Waals surface area contributed by atoms with Gasteiger partial charge in [-0.3, -0.25) is 14.3 Å². The van der Waals surface area contributed by atoms with Crippen molar-refractivity contribution < 1.29 is 19.7 Å². The van der Waals surface area contributed by atoms with Crippen molar-refractivity contribution in [3.05, 3.63) is 24.8 Å². The molecule has 168 valence electrons. The Bertz CT molecular complexity index is 962. The molecule has 1 amide bonds. The molecule has 2 aromatic rings. The average molecular weight is 449 g/mol. The highest BCUT2D eigenvalue weighted by molar-refractivity contribution is 7.98. The average Bonchev–Trinajstić information content (AvgIpc) is 3.41. The number of thioether (sulfide) groups is 1. The molecule has 10 nitrogen and oxygen atoms in total. The van der Waals surface area contributed by atoms with Crippen molar-refractivity contribution in [1.29, 1.82) is 0 Å². The summed E-state index contributed by atoms with van der Waals surface area (Å²) in [4.78, 5) is 29.7. The second-order valence-electron chi connectivity index (χ2n) is 8.13. The van der Waals surface area contributed by atoms with Crippen LogP contribution in [0.2, 0.25) is 0 Å². The van der Waals surface area contributed by atoms with Crippen LogP contribution in [0.25, 0.3) is 11.2 Å². The van der Waals surface area contributed by atoms with Crippen molar-refractivity contribution in [3.8, 4) is 0 Å². The van der Waals surface area contributed by atoms with Crippen molar-refractivity contribution in [3.63, 3.8) is 0 Å². The van der Waals surface area contributed by atoms with E-state index in [1.165, 1.54) is 24.4 Å². The number of hydrogen-bond acceptors (Lipinski definition) is 9. The molecule has 1 saturated carbocycles. The number of aliphatic hydroxyl groups excluding tert-OH is 2. The quantitative estimate of drug-likeness (QED) is 0.554. The minimum absolute atomic E-state index is 0.0841. The molecule has 0 radical (unpaired) electrons. The molecule has 1 aliphatic heterocycles. The van der Waals surface area contributed by atoms with Crippen LogP contribution in [0.1, 0.15) is 19.1 Å². The first-order chi connectivity index (χ1) is 14.9. The number of likely N-dealkylation sites (N-methyl/N-ethyl adjacent to an activating group) is 1. The van der Waals surface area contributed by atoms with Gasteiger partial charge in [0.05, 0.1) is 12.4 Å². The van der Waals surface area contributed by atoms with E-state index < -0.39 is 24.5 Å². The van der Waals surface area contributed by atoms with E-state index in [0.29, 0.717) is 29.3 Å². The van der Waals surface area contributed by atoms with Crippen LogP contribution in [0, 0.1) is 0 Å². The summed E-state index contributed by atoms with van der Waals surface area (Å²) < 4.78 is 7.51. The second-order valence-corrected chi connectivity index (χ2v) is 9.04. The molecule has 2 N–H and O–H groups in total. The zero-order valence-corrected chi connectivity index (χ0v) is 18.6. The maximum absolute atomic E-state index is 12.9. The van der Waals surface area contributed by atoms with E-state index in [1.807, 2.05) is 31.3 Å². The van der Waals surface area contributed by atoms with Gasteiger partial charge < -0.3 is 19.8 Å². The predicted molar refractivity (Wildman–Crippen MR) is 118 cm³/mol. The van der Waals surface area contributed by atoms with Crippen LogP contribution < -0.4 is 4.90 Å². The van der Waals surface area contributed by atoms with Gasteiger partial charge in [0, 0.05) is 24.4 Å². The van der Waals surface area contributed by atoms with Crippen LogP contribution in [0.3, 0.4) is 0 Å². The minimum Gasteiger partial charge on any atom is -0.387 e. The van der Waals surface area contributed by atoms with Gasteiger partial charge in [0.25, 0.3) is 5.91 Å². The molecule has 31 heavy (non-hydrogen) atoms. The lowest BCUT2D eigenvalue weighted by molar-refractivity contribution is -0.114. The van der Waals surface area contributed by atoms with E-state index in [2.05, 4.69) is 15.0 Å². The summed E-state index contributed by atoms with van der Waals surface area (Å²) in [6, 6.07) is 0.0841. The Kier molecular flexibility index (Phi) is 6.58. The molecular formula is C20H28N6O4S. The number of carbonyl (C=O) groups is 1. The zero-order chi connectivity index (χ0) is 22.1. The number of amides is 1. The fourth-order valence-electron chi connectivity index (χ4n) is 3.70. The summed E-state index contributed by atoms with van der Waals surface area (Å²) in [6.07, 6.45) is 6.62. The number of hydrogen-bond donors (Lipinski definition) is 2. The number of nitrogens with zero attached hydrogens (tertiary/aromatic N) is 6. The van der Waals surface area contributed by atoms with Gasteiger partial charge in [0.15, 0.2) is 23.2 Å². The summed E-state index contributed by atoms with van der Waals surface area (Å²) in [5.74, 6) is 0.858. The number of aromatic nitrogens is 4. The predicted octanol–water partition coefficient (Wildman–Crippen LogP) is 0.422. The summed E-state index contributed by atoms with van der Waals surface area (Å²) in [5, 5.41) is 20.9. The molecule has 2 aromatic heterocycles. The normalized spacial score (nSPS) is 26.4. The van der Waals surface area contributed by atoms with Crippen molar-refractivity contribution in [2.75, 3.05) is 37.5 Å². The lowest BCUT2D eigenvalue weighted by Crippen LogP contribution is -2.33. The van der Waals surface area contributed by atoms with Crippen LogP contribution >= 0.6 is 11.8 Å². The van der Waals surface area contributed by atoms with Gasteiger partial charge in [-0.05, 0) is 33.2 Å². The van der Waals surface area contributed by atoms with Gasteiger partial charge in [-0.2, -0.15) is 11.8 Å². The number of aliphatic hydroxyl groups is 2. The smallest absolute Gasteiger partial charge is 0.252 e. The Morgan fingerprint density at radius 3 is 2.74 bits per heavy atom. The fraction of sp³-hybridized carbons (Fsp3) is 0.600. The first-order valence-electron chi connectivity index (χ1n) is 10.2. The van der Waals surface area contributed by atoms with Crippen LogP contribution in [0.5, 0.6) is 0 Å². The van der Waals surface area contributed by atoms with Gasteiger partial charge in [0.1, 0.15) is 18.5 Å². The molecule has 11 heteroatoms. The van der Waals surface area contributed by atoms with Crippen LogP contribution in [-0.2, 0) is 9.53 Å². The summed E-state index contributed by atoms with van der Waals surface area (Å²) >= 11 is 1.54. The van der Waals surface area contributed by atoms with E-state index in [1.54, 1.807) is 15.5 Å². The molecule has 4 rings (SSSR count). The maximum atomic E-state index is 12.9. The van der Waals surface area contributed by atoms with E-state index in [0.717, 1.165) is 12.8 Å². The van der Waals surface area contributed by atoms with Crippen LogP contribution in [0.15, 0.2) is 24.8 Å². The van der Waals surface area contributed by atoms with Crippen molar-refractivity contribution >= 4 is 34.7 Å². The molecule has 4 atom stereocenters. The lowest BCUT2D eigenvalue weighted by atomic mass is 10.1. The Labute approximate surface area is 184 Å². The molecule has 3 heterocycles. The number of ether oxygens (including phenoxy) is 1. The largest absolute Gasteiger partial charge is 0.387 e. The fourth-order valence-corrected chi connectivity index (χ4v) is 4.30. The van der Waals surface area contributed by atoms with Gasteiger partial charge in [-0.15, -0.1) is 0 Å². The number of fused-ring (bicyclic) bond motifs is 1. The molecule has 0 unspecified atom stereocenters. The standard InChI is InChI=1S/C20H28N6O4S/c1-24(2)8-4-5-14(27)26(12-6-7-12)19-15-18(21-10-22-19)25(11-23-15)20-17(29)16(28)13(30-20)9-31-3/h4-5,10-13,16-17,20,28-29H,6-9H2,1-3H3/b5-4+/t13-,16-,17-,20-/m1/s1. The van der Waals surface area contributed by atoms with Gasteiger partial charge >= 0.3 is 0 Å². The molecule has 1 saturated heterocycles. The Morgan fingerprint density at radius 2 is 2.06 bits per heavy atom. The number of carbonyl (C=O) groups excluding carboxylic acids is 1. The van der Waals surface area contributed by atoms with Crippen LogP contribution in [0.4, 0.5) is 5.82 Å². The topological polar surface area (TPSA) is 117 Å². The summed E-state index contributed by atoms with van der Waals surface area (Å²) in [5.41, 5.74) is 0.907.